The normalized spacial score (nSPS) is 25.0. The van der Waals surface area contributed by atoms with E-state index in [0.29, 0.717) is 24.7 Å². The van der Waals surface area contributed by atoms with Gasteiger partial charge in [-0.05, 0) is 51.8 Å². The highest BCUT2D eigenvalue weighted by molar-refractivity contribution is 7.98. The standard InChI is InChI=1S/C21H27FN6OS/c1-4-12-6-5-7-13-17(27-29-18(12)13)19-25-20-14(21(26-19)30-3)10-24-28(20)11(2)16-15(22)8-9-23-16/h10-12,15-16,23H,4-9H2,1-3H3/t11?,12-,15+,16-/m1/s1. The molecule has 5 rings (SSSR count). The summed E-state index contributed by atoms with van der Waals surface area (Å²) in [7, 11) is 0. The molecule has 4 heterocycles. The van der Waals surface area contributed by atoms with Gasteiger partial charge in [0.1, 0.15) is 17.0 Å². The van der Waals surface area contributed by atoms with Crippen molar-refractivity contribution in [3.05, 3.63) is 17.5 Å². The van der Waals surface area contributed by atoms with Gasteiger partial charge < -0.3 is 9.84 Å². The zero-order valence-corrected chi connectivity index (χ0v) is 18.4. The molecule has 1 aliphatic heterocycles. The quantitative estimate of drug-likeness (QED) is 0.477. The number of halogens is 1. The van der Waals surface area contributed by atoms with Gasteiger partial charge in [0, 0.05) is 11.5 Å². The van der Waals surface area contributed by atoms with Crippen LogP contribution >= 0.6 is 11.8 Å². The van der Waals surface area contributed by atoms with E-state index in [9.17, 15) is 4.39 Å². The van der Waals surface area contributed by atoms with Crippen molar-refractivity contribution in [3.63, 3.8) is 0 Å². The third-order valence-corrected chi connectivity index (χ3v) is 7.28. The molecule has 30 heavy (non-hydrogen) atoms. The Bertz CT molecular complexity index is 1070. The van der Waals surface area contributed by atoms with E-state index in [2.05, 4.69) is 22.5 Å². The van der Waals surface area contributed by atoms with Crippen molar-refractivity contribution in [2.75, 3.05) is 12.8 Å². The van der Waals surface area contributed by atoms with Crippen molar-refractivity contribution in [1.82, 2.24) is 30.2 Å². The fourth-order valence-corrected chi connectivity index (χ4v) is 5.43. The van der Waals surface area contributed by atoms with Crippen molar-refractivity contribution >= 4 is 22.8 Å². The Morgan fingerprint density at radius 3 is 2.97 bits per heavy atom. The van der Waals surface area contributed by atoms with Crippen LogP contribution in [0.2, 0.25) is 0 Å². The van der Waals surface area contributed by atoms with Gasteiger partial charge in [-0.1, -0.05) is 12.1 Å². The Balaban J connectivity index is 1.62. The zero-order chi connectivity index (χ0) is 20.8. The van der Waals surface area contributed by atoms with Crippen LogP contribution in [-0.2, 0) is 6.42 Å². The van der Waals surface area contributed by atoms with E-state index < -0.39 is 6.17 Å². The van der Waals surface area contributed by atoms with Crippen LogP contribution in [0.5, 0.6) is 0 Å². The van der Waals surface area contributed by atoms with Crippen molar-refractivity contribution in [2.45, 2.75) is 75.2 Å². The van der Waals surface area contributed by atoms with Crippen molar-refractivity contribution < 1.29 is 8.91 Å². The molecule has 3 aromatic rings. The summed E-state index contributed by atoms with van der Waals surface area (Å²) in [6.45, 7) is 4.87. The molecule has 3 aromatic heterocycles. The van der Waals surface area contributed by atoms with Gasteiger partial charge in [0.2, 0.25) is 0 Å². The molecular weight excluding hydrogens is 403 g/mol. The van der Waals surface area contributed by atoms with Gasteiger partial charge in [-0.25, -0.2) is 19.0 Å². The molecule has 160 valence electrons. The van der Waals surface area contributed by atoms with E-state index >= 15 is 0 Å². The van der Waals surface area contributed by atoms with Gasteiger partial charge in [-0.2, -0.15) is 5.10 Å². The zero-order valence-electron chi connectivity index (χ0n) is 17.6. The van der Waals surface area contributed by atoms with E-state index in [1.165, 1.54) is 0 Å². The number of nitrogens with one attached hydrogen (secondary N) is 1. The van der Waals surface area contributed by atoms with E-state index in [1.54, 1.807) is 18.0 Å². The van der Waals surface area contributed by atoms with Gasteiger partial charge in [-0.3, -0.25) is 0 Å². The maximum Gasteiger partial charge on any atom is 0.185 e. The van der Waals surface area contributed by atoms with E-state index in [1.807, 2.05) is 17.9 Å². The molecule has 1 aliphatic carbocycles. The molecule has 2 aliphatic rings. The number of rotatable bonds is 5. The Labute approximate surface area is 179 Å². The molecular formula is C21H27FN6OS. The number of thioether (sulfide) groups is 1. The van der Waals surface area contributed by atoms with Crippen LogP contribution in [-0.4, -0.2) is 49.9 Å². The fourth-order valence-electron chi connectivity index (χ4n) is 4.89. The van der Waals surface area contributed by atoms with Crippen LogP contribution in [0.1, 0.15) is 62.8 Å². The second-order valence-electron chi connectivity index (χ2n) is 8.28. The molecule has 1 saturated heterocycles. The van der Waals surface area contributed by atoms with Crippen LogP contribution in [0.15, 0.2) is 15.7 Å². The highest BCUT2D eigenvalue weighted by Gasteiger charge is 2.34. The van der Waals surface area contributed by atoms with E-state index in [0.717, 1.165) is 58.8 Å². The lowest BCUT2D eigenvalue weighted by molar-refractivity contribution is 0.244. The van der Waals surface area contributed by atoms with Crippen LogP contribution in [0.3, 0.4) is 0 Å². The first kappa shape index (κ1) is 19.9. The first-order chi connectivity index (χ1) is 14.6. The molecule has 0 bridgehead atoms. The first-order valence-electron chi connectivity index (χ1n) is 10.8. The first-order valence-corrected chi connectivity index (χ1v) is 12.0. The van der Waals surface area contributed by atoms with Gasteiger partial charge in [-0.15, -0.1) is 11.8 Å². The lowest BCUT2D eigenvalue weighted by Crippen LogP contribution is -2.36. The average molecular weight is 431 g/mol. The Kier molecular flexibility index (Phi) is 5.26. The molecule has 1 unspecified atom stereocenters. The maximum absolute atomic E-state index is 14.4. The summed E-state index contributed by atoms with van der Waals surface area (Å²) in [5.41, 5.74) is 2.60. The summed E-state index contributed by atoms with van der Waals surface area (Å²) in [6.07, 6.45) is 7.67. The second kappa shape index (κ2) is 7.92. The number of hydrogen-bond donors (Lipinski definition) is 1. The number of nitrogens with zero attached hydrogens (tertiary/aromatic N) is 5. The number of aromatic nitrogens is 5. The van der Waals surface area contributed by atoms with Gasteiger partial charge in [0.25, 0.3) is 0 Å². The monoisotopic (exact) mass is 430 g/mol. The molecule has 4 atom stereocenters. The minimum absolute atomic E-state index is 0.159. The SMILES string of the molecule is CC[C@@H]1CCCc2c(-c3nc(SC)c4cnn(C(C)[C@H]5NCC[C@@H]5F)c4n3)noc21. The van der Waals surface area contributed by atoms with E-state index in [-0.39, 0.29) is 12.1 Å². The minimum Gasteiger partial charge on any atom is -0.360 e. The Hall–Kier alpha value is -2.00. The van der Waals surface area contributed by atoms with Crippen molar-refractivity contribution in [2.24, 2.45) is 0 Å². The highest BCUT2D eigenvalue weighted by atomic mass is 32.2. The summed E-state index contributed by atoms with van der Waals surface area (Å²) in [4.78, 5) is 9.66. The molecule has 1 fully saturated rings. The van der Waals surface area contributed by atoms with Crippen molar-refractivity contribution in [1.29, 1.82) is 0 Å². The number of fused-ring (bicyclic) bond motifs is 2. The molecule has 0 spiro atoms. The minimum atomic E-state index is -0.880. The molecule has 0 radical (unpaired) electrons. The number of alkyl halides is 1. The van der Waals surface area contributed by atoms with Crippen molar-refractivity contribution in [3.8, 4) is 11.5 Å². The summed E-state index contributed by atoms with van der Waals surface area (Å²) in [5, 5.41) is 14.0. The summed E-state index contributed by atoms with van der Waals surface area (Å²) in [5.74, 6) is 1.98. The molecule has 0 aromatic carbocycles. The fraction of sp³-hybridized carbons (Fsp3) is 0.619. The largest absolute Gasteiger partial charge is 0.360 e. The van der Waals surface area contributed by atoms with Gasteiger partial charge >= 0.3 is 0 Å². The predicted molar refractivity (Wildman–Crippen MR) is 115 cm³/mol. The number of hydrogen-bond acceptors (Lipinski definition) is 7. The third kappa shape index (κ3) is 3.13. The summed E-state index contributed by atoms with van der Waals surface area (Å²) in [6, 6.07) is -0.428. The van der Waals surface area contributed by atoms with Crippen LogP contribution in [0, 0.1) is 0 Å². The van der Waals surface area contributed by atoms with Gasteiger partial charge in [0.05, 0.1) is 23.7 Å². The molecule has 9 heteroatoms. The predicted octanol–water partition coefficient (Wildman–Crippen LogP) is 4.29. The van der Waals surface area contributed by atoms with Gasteiger partial charge in [0.15, 0.2) is 17.2 Å². The second-order valence-corrected chi connectivity index (χ2v) is 9.07. The maximum atomic E-state index is 14.4. The topological polar surface area (TPSA) is 81.7 Å². The van der Waals surface area contributed by atoms with Crippen LogP contribution in [0.4, 0.5) is 4.39 Å². The average Bonchev–Trinajstić information content (AvgIpc) is 3.49. The molecule has 7 nitrogen and oxygen atoms in total. The summed E-state index contributed by atoms with van der Waals surface area (Å²) < 4.78 is 22.0. The lowest BCUT2D eigenvalue weighted by atomic mass is 9.86. The Morgan fingerprint density at radius 1 is 1.37 bits per heavy atom. The molecule has 0 amide bonds. The van der Waals surface area contributed by atoms with E-state index in [4.69, 9.17) is 14.5 Å². The molecule has 0 saturated carbocycles. The lowest BCUT2D eigenvalue weighted by Gasteiger charge is -2.22. The summed E-state index contributed by atoms with van der Waals surface area (Å²) >= 11 is 1.56. The third-order valence-electron chi connectivity index (χ3n) is 6.58. The Morgan fingerprint density at radius 2 is 2.23 bits per heavy atom. The smallest absolute Gasteiger partial charge is 0.185 e. The van der Waals surface area contributed by atoms with Crippen LogP contribution < -0.4 is 5.32 Å². The molecule has 1 N–H and O–H groups in total. The van der Waals surface area contributed by atoms with Crippen LogP contribution in [0.25, 0.3) is 22.6 Å². The highest BCUT2D eigenvalue weighted by Crippen LogP contribution is 2.39.